The number of nitro benzene ring substituents is 1. The Bertz CT molecular complexity index is 403. The largest absolute Gasteiger partial charge is 0.490 e. The van der Waals surface area contributed by atoms with E-state index in [0.29, 0.717) is 18.3 Å². The predicted molar refractivity (Wildman–Crippen MR) is 70.9 cm³/mol. The van der Waals surface area contributed by atoms with Crippen LogP contribution in [0, 0.1) is 10.1 Å². The van der Waals surface area contributed by atoms with Gasteiger partial charge in [0.15, 0.2) is 5.75 Å². The first-order valence-corrected chi connectivity index (χ1v) is 6.17. The molecule has 1 rings (SSSR count). The van der Waals surface area contributed by atoms with Gasteiger partial charge >= 0.3 is 5.69 Å². The third kappa shape index (κ3) is 3.70. The van der Waals surface area contributed by atoms with E-state index in [2.05, 4.69) is 19.2 Å². The molecule has 0 aliphatic heterocycles. The molecule has 0 unspecified atom stereocenters. The molecule has 0 spiro atoms. The molecular weight excluding hydrogens is 232 g/mol. The van der Waals surface area contributed by atoms with Gasteiger partial charge < -0.3 is 10.1 Å². The van der Waals surface area contributed by atoms with Crippen LogP contribution in [0.4, 0.5) is 5.69 Å². The molecule has 0 saturated heterocycles. The van der Waals surface area contributed by atoms with Crippen molar-refractivity contribution in [2.24, 2.45) is 0 Å². The zero-order valence-corrected chi connectivity index (χ0v) is 11.1. The van der Waals surface area contributed by atoms with Crippen molar-refractivity contribution in [3.63, 3.8) is 0 Å². The van der Waals surface area contributed by atoms with Crippen LogP contribution >= 0.6 is 0 Å². The number of rotatable bonds is 7. The number of nitrogens with one attached hydrogen (secondary N) is 1. The Morgan fingerprint density at radius 2 is 2.06 bits per heavy atom. The predicted octanol–water partition coefficient (Wildman–Crippen LogP) is 2.88. The Morgan fingerprint density at radius 1 is 1.39 bits per heavy atom. The van der Waals surface area contributed by atoms with Crippen LogP contribution in [0.25, 0.3) is 0 Å². The van der Waals surface area contributed by atoms with Crippen molar-refractivity contribution in [3.05, 3.63) is 33.9 Å². The molecule has 0 aliphatic carbocycles. The molecule has 1 aromatic carbocycles. The van der Waals surface area contributed by atoms with Gasteiger partial charge in [0, 0.05) is 18.7 Å². The fourth-order valence-corrected chi connectivity index (χ4v) is 1.83. The number of ether oxygens (including phenoxy) is 1. The third-order valence-corrected chi connectivity index (χ3v) is 3.02. The van der Waals surface area contributed by atoms with Crippen LogP contribution in [0.15, 0.2) is 18.2 Å². The smallest absolute Gasteiger partial charge is 0.311 e. The first-order chi connectivity index (χ1) is 8.62. The standard InChI is InChI=1S/C13H20N2O3/c1-4-11(5-2)14-9-10-6-7-13(18-3)12(8-10)15(16)17/h6-8,11,14H,4-5,9H2,1-3H3. The number of benzene rings is 1. The Kier molecular flexibility index (Phi) is 5.58. The summed E-state index contributed by atoms with van der Waals surface area (Å²) in [6.07, 6.45) is 2.10. The van der Waals surface area contributed by atoms with Gasteiger partial charge in [-0.25, -0.2) is 0 Å². The molecule has 0 fully saturated rings. The monoisotopic (exact) mass is 252 g/mol. The molecule has 18 heavy (non-hydrogen) atoms. The van der Waals surface area contributed by atoms with E-state index in [-0.39, 0.29) is 5.69 Å². The molecular formula is C13H20N2O3. The van der Waals surface area contributed by atoms with Crippen molar-refractivity contribution < 1.29 is 9.66 Å². The van der Waals surface area contributed by atoms with Crippen LogP contribution in [0.5, 0.6) is 5.75 Å². The first kappa shape index (κ1) is 14.4. The number of nitrogens with zero attached hydrogens (tertiary/aromatic N) is 1. The number of methoxy groups -OCH3 is 1. The molecule has 5 nitrogen and oxygen atoms in total. The molecule has 0 bridgehead atoms. The van der Waals surface area contributed by atoms with Crippen molar-refractivity contribution in [1.82, 2.24) is 5.32 Å². The first-order valence-electron chi connectivity index (χ1n) is 6.17. The molecule has 0 aromatic heterocycles. The normalized spacial score (nSPS) is 10.7. The van der Waals surface area contributed by atoms with Crippen molar-refractivity contribution in [3.8, 4) is 5.75 Å². The van der Waals surface area contributed by atoms with E-state index in [1.165, 1.54) is 7.11 Å². The van der Waals surface area contributed by atoms with Gasteiger partial charge in [-0.2, -0.15) is 0 Å². The minimum atomic E-state index is -0.417. The topological polar surface area (TPSA) is 64.4 Å². The maximum Gasteiger partial charge on any atom is 0.311 e. The van der Waals surface area contributed by atoms with Gasteiger partial charge in [0.1, 0.15) is 0 Å². The average Bonchev–Trinajstić information content (AvgIpc) is 2.39. The van der Waals surface area contributed by atoms with E-state index in [0.717, 1.165) is 18.4 Å². The summed E-state index contributed by atoms with van der Waals surface area (Å²) in [5, 5.41) is 14.3. The second kappa shape index (κ2) is 6.96. The molecule has 0 amide bonds. The summed E-state index contributed by atoms with van der Waals surface area (Å²) in [5.74, 6) is 0.297. The maximum atomic E-state index is 10.9. The highest BCUT2D eigenvalue weighted by Gasteiger charge is 2.15. The summed E-state index contributed by atoms with van der Waals surface area (Å²) in [7, 11) is 1.43. The van der Waals surface area contributed by atoms with Gasteiger partial charge in [-0.05, 0) is 24.5 Å². The van der Waals surface area contributed by atoms with E-state index in [1.807, 2.05) is 6.07 Å². The van der Waals surface area contributed by atoms with Crippen LogP contribution < -0.4 is 10.1 Å². The summed E-state index contributed by atoms with van der Waals surface area (Å²) in [4.78, 5) is 10.5. The summed E-state index contributed by atoms with van der Waals surface area (Å²) in [6.45, 7) is 4.88. The molecule has 5 heteroatoms. The minimum absolute atomic E-state index is 0.0151. The lowest BCUT2D eigenvalue weighted by molar-refractivity contribution is -0.385. The number of nitro groups is 1. The van der Waals surface area contributed by atoms with Crippen molar-refractivity contribution in [2.75, 3.05) is 7.11 Å². The SMILES string of the molecule is CCC(CC)NCc1ccc(OC)c([N+](=O)[O-])c1. The Balaban J connectivity index is 2.79. The van der Waals surface area contributed by atoms with Gasteiger partial charge in [-0.3, -0.25) is 10.1 Å². The molecule has 0 aliphatic rings. The second-order valence-corrected chi connectivity index (χ2v) is 4.16. The van der Waals surface area contributed by atoms with Crippen molar-refractivity contribution >= 4 is 5.69 Å². The molecule has 1 aromatic rings. The maximum absolute atomic E-state index is 10.9. The third-order valence-electron chi connectivity index (χ3n) is 3.02. The molecule has 0 radical (unpaired) electrons. The Labute approximate surface area is 107 Å². The zero-order chi connectivity index (χ0) is 13.5. The Morgan fingerprint density at radius 3 is 2.56 bits per heavy atom. The zero-order valence-electron chi connectivity index (χ0n) is 11.1. The lowest BCUT2D eigenvalue weighted by Gasteiger charge is -2.14. The Hall–Kier alpha value is -1.62. The minimum Gasteiger partial charge on any atom is -0.490 e. The van der Waals surface area contributed by atoms with Gasteiger partial charge in [-0.15, -0.1) is 0 Å². The fourth-order valence-electron chi connectivity index (χ4n) is 1.83. The van der Waals surface area contributed by atoms with Crippen LogP contribution in [0.3, 0.4) is 0 Å². The summed E-state index contributed by atoms with van der Waals surface area (Å²) >= 11 is 0. The van der Waals surface area contributed by atoms with Gasteiger partial charge in [0.25, 0.3) is 0 Å². The van der Waals surface area contributed by atoms with Gasteiger partial charge in [-0.1, -0.05) is 19.9 Å². The number of hydrogen-bond acceptors (Lipinski definition) is 4. The van der Waals surface area contributed by atoms with Gasteiger partial charge in [0.05, 0.1) is 12.0 Å². The quantitative estimate of drug-likeness (QED) is 0.598. The highest BCUT2D eigenvalue weighted by molar-refractivity contribution is 5.48. The van der Waals surface area contributed by atoms with E-state index >= 15 is 0 Å². The molecule has 0 atom stereocenters. The van der Waals surface area contributed by atoms with Crippen LogP contribution in [-0.2, 0) is 6.54 Å². The van der Waals surface area contributed by atoms with Gasteiger partial charge in [0.2, 0.25) is 0 Å². The van der Waals surface area contributed by atoms with Crippen LogP contribution in [0.2, 0.25) is 0 Å². The summed E-state index contributed by atoms with van der Waals surface area (Å²) in [6, 6.07) is 5.50. The van der Waals surface area contributed by atoms with E-state index in [9.17, 15) is 10.1 Å². The molecule has 0 heterocycles. The number of hydrogen-bond donors (Lipinski definition) is 1. The van der Waals surface area contributed by atoms with E-state index in [4.69, 9.17) is 4.74 Å². The molecule has 0 saturated carbocycles. The van der Waals surface area contributed by atoms with Crippen LogP contribution in [0.1, 0.15) is 32.3 Å². The van der Waals surface area contributed by atoms with E-state index < -0.39 is 4.92 Å². The summed E-state index contributed by atoms with van der Waals surface area (Å²) in [5.41, 5.74) is 0.913. The fraction of sp³-hybridized carbons (Fsp3) is 0.538. The van der Waals surface area contributed by atoms with Crippen LogP contribution in [-0.4, -0.2) is 18.1 Å². The van der Waals surface area contributed by atoms with Crippen molar-refractivity contribution in [1.29, 1.82) is 0 Å². The summed E-state index contributed by atoms with van der Waals surface area (Å²) < 4.78 is 4.97. The highest BCUT2D eigenvalue weighted by atomic mass is 16.6. The average molecular weight is 252 g/mol. The lowest BCUT2D eigenvalue weighted by Crippen LogP contribution is -2.26. The van der Waals surface area contributed by atoms with E-state index in [1.54, 1.807) is 12.1 Å². The van der Waals surface area contributed by atoms with Crippen molar-refractivity contribution in [2.45, 2.75) is 39.3 Å². The molecule has 100 valence electrons. The second-order valence-electron chi connectivity index (χ2n) is 4.16. The molecule has 1 N–H and O–H groups in total. The highest BCUT2D eigenvalue weighted by Crippen LogP contribution is 2.27. The lowest BCUT2D eigenvalue weighted by atomic mass is 10.1.